The number of rotatable bonds is 4. The summed E-state index contributed by atoms with van der Waals surface area (Å²) in [5.74, 6) is 5.96. The summed E-state index contributed by atoms with van der Waals surface area (Å²) in [5, 5.41) is 5.10. The number of aromatic nitrogens is 4. The van der Waals surface area contributed by atoms with Gasteiger partial charge in [-0.05, 0) is 14.1 Å². The maximum atomic E-state index is 5.36. The Hall–Kier alpha value is -1.73. The van der Waals surface area contributed by atoms with Crippen LogP contribution < -0.4 is 11.3 Å². The van der Waals surface area contributed by atoms with Crippen LogP contribution in [0.15, 0.2) is 12.5 Å². The van der Waals surface area contributed by atoms with Crippen LogP contribution in [0.4, 0.5) is 5.82 Å². The van der Waals surface area contributed by atoms with Gasteiger partial charge in [0.15, 0.2) is 11.5 Å². The molecule has 0 amide bonds. The first-order chi connectivity index (χ1) is 7.72. The molecular formula is C9H15N7. The van der Waals surface area contributed by atoms with Crippen LogP contribution in [0.1, 0.15) is 0 Å². The van der Waals surface area contributed by atoms with Crippen LogP contribution in [-0.4, -0.2) is 45.3 Å². The molecule has 0 bridgehead atoms. The Balaban J connectivity index is 2.34. The summed E-state index contributed by atoms with van der Waals surface area (Å²) in [5.41, 5.74) is 3.33. The van der Waals surface area contributed by atoms with Crippen molar-refractivity contribution in [2.45, 2.75) is 6.54 Å². The molecule has 3 N–H and O–H groups in total. The van der Waals surface area contributed by atoms with E-state index in [0.717, 1.165) is 24.1 Å². The third-order valence-corrected chi connectivity index (χ3v) is 2.33. The van der Waals surface area contributed by atoms with Gasteiger partial charge in [0.25, 0.3) is 0 Å². The second-order valence-electron chi connectivity index (χ2n) is 3.77. The zero-order valence-electron chi connectivity index (χ0n) is 9.38. The lowest BCUT2D eigenvalue weighted by Crippen LogP contribution is -2.19. The van der Waals surface area contributed by atoms with Crippen molar-refractivity contribution in [2.75, 3.05) is 26.1 Å². The molecule has 0 unspecified atom stereocenters. The van der Waals surface area contributed by atoms with Gasteiger partial charge in [0, 0.05) is 6.54 Å². The third-order valence-electron chi connectivity index (χ3n) is 2.33. The molecule has 0 aliphatic rings. The van der Waals surface area contributed by atoms with E-state index < -0.39 is 0 Å². The van der Waals surface area contributed by atoms with Gasteiger partial charge in [-0.25, -0.2) is 20.5 Å². The number of likely N-dealkylation sites (N-methyl/N-ethyl adjacent to an activating group) is 1. The van der Waals surface area contributed by atoms with Crippen molar-refractivity contribution < 1.29 is 0 Å². The number of hydrogen-bond donors (Lipinski definition) is 2. The Labute approximate surface area is 93.2 Å². The molecule has 0 aliphatic carbocycles. The maximum absolute atomic E-state index is 5.36. The second-order valence-corrected chi connectivity index (χ2v) is 3.77. The lowest BCUT2D eigenvalue weighted by atomic mass is 10.4. The Morgan fingerprint density at radius 1 is 1.44 bits per heavy atom. The van der Waals surface area contributed by atoms with E-state index in [2.05, 4.69) is 25.4 Å². The highest BCUT2D eigenvalue weighted by atomic mass is 15.3. The van der Waals surface area contributed by atoms with E-state index in [-0.39, 0.29) is 0 Å². The Kier molecular flexibility index (Phi) is 2.97. The first kappa shape index (κ1) is 10.8. The summed E-state index contributed by atoms with van der Waals surface area (Å²) in [4.78, 5) is 10.3. The number of fused-ring (bicyclic) bond motifs is 1. The summed E-state index contributed by atoms with van der Waals surface area (Å²) in [7, 11) is 4.04. The van der Waals surface area contributed by atoms with Crippen LogP contribution in [0.3, 0.4) is 0 Å². The van der Waals surface area contributed by atoms with Crippen molar-refractivity contribution in [1.29, 1.82) is 0 Å². The maximum Gasteiger partial charge on any atom is 0.163 e. The highest BCUT2D eigenvalue weighted by Crippen LogP contribution is 2.16. The fraction of sp³-hybridized carbons (Fsp3) is 0.444. The highest BCUT2D eigenvalue weighted by molar-refractivity contribution is 5.85. The van der Waals surface area contributed by atoms with E-state index >= 15 is 0 Å². The Morgan fingerprint density at radius 3 is 2.94 bits per heavy atom. The molecule has 0 aliphatic heterocycles. The fourth-order valence-electron chi connectivity index (χ4n) is 1.47. The van der Waals surface area contributed by atoms with E-state index in [4.69, 9.17) is 5.84 Å². The molecule has 0 saturated heterocycles. The number of hydrazine groups is 1. The second kappa shape index (κ2) is 4.42. The fourth-order valence-corrected chi connectivity index (χ4v) is 1.47. The van der Waals surface area contributed by atoms with Crippen LogP contribution in [0, 0.1) is 0 Å². The topological polar surface area (TPSA) is 84.9 Å². The first-order valence-electron chi connectivity index (χ1n) is 5.00. The van der Waals surface area contributed by atoms with Crippen molar-refractivity contribution >= 4 is 16.9 Å². The average Bonchev–Trinajstić information content (AvgIpc) is 2.69. The summed E-state index contributed by atoms with van der Waals surface area (Å²) in [6.07, 6.45) is 3.20. The van der Waals surface area contributed by atoms with E-state index in [1.807, 2.05) is 18.8 Å². The summed E-state index contributed by atoms with van der Waals surface area (Å²) in [6, 6.07) is 0. The van der Waals surface area contributed by atoms with Gasteiger partial charge in [-0.1, -0.05) is 0 Å². The summed E-state index contributed by atoms with van der Waals surface area (Å²) in [6.45, 7) is 1.70. The molecule has 0 saturated carbocycles. The average molecular weight is 221 g/mol. The van der Waals surface area contributed by atoms with Crippen molar-refractivity contribution in [3.8, 4) is 0 Å². The predicted octanol–water partition coefficient (Wildman–Crippen LogP) is -0.327. The van der Waals surface area contributed by atoms with Crippen LogP contribution in [0.25, 0.3) is 11.0 Å². The number of hydrogen-bond acceptors (Lipinski definition) is 6. The summed E-state index contributed by atoms with van der Waals surface area (Å²) >= 11 is 0. The monoisotopic (exact) mass is 221 g/mol. The molecular weight excluding hydrogens is 206 g/mol. The molecule has 2 heterocycles. The predicted molar refractivity (Wildman–Crippen MR) is 61.7 cm³/mol. The normalized spacial score (nSPS) is 11.2. The van der Waals surface area contributed by atoms with Gasteiger partial charge in [0.1, 0.15) is 6.33 Å². The van der Waals surface area contributed by atoms with Crippen molar-refractivity contribution in [1.82, 2.24) is 24.6 Å². The summed E-state index contributed by atoms with van der Waals surface area (Å²) < 4.78 is 1.85. The Bertz CT molecular complexity index is 476. The van der Waals surface area contributed by atoms with Gasteiger partial charge in [0.2, 0.25) is 0 Å². The minimum absolute atomic E-state index is 0.598. The minimum atomic E-state index is 0.598. The van der Waals surface area contributed by atoms with Crippen molar-refractivity contribution in [2.24, 2.45) is 5.84 Å². The molecule has 0 radical (unpaired) electrons. The van der Waals surface area contributed by atoms with Crippen molar-refractivity contribution in [3.05, 3.63) is 12.5 Å². The quantitative estimate of drug-likeness (QED) is 0.543. The molecule has 16 heavy (non-hydrogen) atoms. The van der Waals surface area contributed by atoms with Gasteiger partial charge in [-0.3, -0.25) is 0 Å². The lowest BCUT2D eigenvalue weighted by molar-refractivity contribution is 0.376. The number of nitrogens with two attached hydrogens (primary N) is 1. The number of nitrogens with zero attached hydrogens (tertiary/aromatic N) is 5. The van der Waals surface area contributed by atoms with E-state index in [1.54, 1.807) is 6.20 Å². The molecule has 86 valence electrons. The molecule has 7 nitrogen and oxygen atoms in total. The van der Waals surface area contributed by atoms with E-state index in [9.17, 15) is 0 Å². The zero-order chi connectivity index (χ0) is 11.5. The third kappa shape index (κ3) is 1.95. The van der Waals surface area contributed by atoms with Crippen LogP contribution in [-0.2, 0) is 6.54 Å². The van der Waals surface area contributed by atoms with Crippen LogP contribution >= 0.6 is 0 Å². The van der Waals surface area contributed by atoms with Crippen molar-refractivity contribution in [3.63, 3.8) is 0 Å². The standard InChI is InChI=1S/C9H15N7/c1-15(2)3-4-16-9-7(5-13-16)8(14-10)11-6-12-9/h5-6H,3-4,10H2,1-2H3,(H,11,12,14). The van der Waals surface area contributed by atoms with Gasteiger partial charge >= 0.3 is 0 Å². The van der Waals surface area contributed by atoms with E-state index in [1.165, 1.54) is 6.33 Å². The zero-order valence-corrected chi connectivity index (χ0v) is 9.38. The van der Waals surface area contributed by atoms with Gasteiger partial charge in [-0.2, -0.15) is 5.10 Å². The molecule has 2 aromatic heterocycles. The molecule has 0 aromatic carbocycles. The molecule has 0 atom stereocenters. The Morgan fingerprint density at radius 2 is 2.25 bits per heavy atom. The molecule has 2 rings (SSSR count). The smallest absolute Gasteiger partial charge is 0.163 e. The molecule has 0 spiro atoms. The SMILES string of the molecule is CN(C)CCn1ncc2c(NN)ncnc21. The largest absolute Gasteiger partial charge is 0.308 e. The molecule has 7 heteroatoms. The highest BCUT2D eigenvalue weighted by Gasteiger charge is 2.08. The van der Waals surface area contributed by atoms with Gasteiger partial charge in [-0.15, -0.1) is 0 Å². The lowest BCUT2D eigenvalue weighted by Gasteiger charge is -2.09. The molecule has 2 aromatic rings. The van der Waals surface area contributed by atoms with E-state index in [0.29, 0.717) is 5.82 Å². The molecule has 0 fully saturated rings. The van der Waals surface area contributed by atoms with Crippen LogP contribution in [0.2, 0.25) is 0 Å². The number of anilines is 1. The number of nitrogens with one attached hydrogen (secondary N) is 1. The number of nitrogen functional groups attached to an aromatic ring is 1. The minimum Gasteiger partial charge on any atom is -0.308 e. The first-order valence-corrected chi connectivity index (χ1v) is 5.00. The van der Waals surface area contributed by atoms with Crippen LogP contribution in [0.5, 0.6) is 0 Å². The van der Waals surface area contributed by atoms with Gasteiger partial charge < -0.3 is 10.3 Å². The van der Waals surface area contributed by atoms with Gasteiger partial charge in [0.05, 0.1) is 18.1 Å².